The van der Waals surface area contributed by atoms with E-state index in [9.17, 15) is 4.79 Å². The molecule has 0 aliphatic rings. The monoisotopic (exact) mass is 259 g/mol. The first kappa shape index (κ1) is 13.1. The molecule has 1 aromatic carbocycles. The Balaban J connectivity index is 1.91. The summed E-state index contributed by atoms with van der Waals surface area (Å²) in [5.74, 6) is 0. The molecule has 0 aliphatic heterocycles. The van der Waals surface area contributed by atoms with Gasteiger partial charge in [0.25, 0.3) is 0 Å². The molecule has 2 rings (SSSR count). The number of nitrogens with zero attached hydrogens (tertiary/aromatic N) is 1. The molecule has 0 fully saturated rings. The van der Waals surface area contributed by atoms with Gasteiger partial charge in [-0.1, -0.05) is 24.3 Å². The van der Waals surface area contributed by atoms with Crippen LogP contribution in [0, 0.1) is 0 Å². The summed E-state index contributed by atoms with van der Waals surface area (Å²) >= 11 is 0. The van der Waals surface area contributed by atoms with E-state index >= 15 is 0 Å². The van der Waals surface area contributed by atoms with Crippen LogP contribution in [0.3, 0.4) is 0 Å². The van der Waals surface area contributed by atoms with E-state index in [1.165, 1.54) is 0 Å². The Kier molecular flexibility index (Phi) is 4.18. The highest BCUT2D eigenvalue weighted by atomic mass is 16.6. The lowest BCUT2D eigenvalue weighted by molar-refractivity contribution is 0.115. The van der Waals surface area contributed by atoms with Crippen LogP contribution in [0.5, 0.6) is 0 Å². The Morgan fingerprint density at radius 1 is 1.32 bits per heavy atom. The predicted octanol–water partition coefficient (Wildman–Crippen LogP) is 2.71. The van der Waals surface area contributed by atoms with E-state index in [2.05, 4.69) is 15.5 Å². The van der Waals surface area contributed by atoms with Crippen LogP contribution in [0.4, 0.5) is 4.79 Å². The van der Waals surface area contributed by atoms with Crippen LogP contribution < -0.4 is 5.32 Å². The van der Waals surface area contributed by atoms with Crippen LogP contribution in [-0.2, 0) is 11.3 Å². The van der Waals surface area contributed by atoms with Crippen molar-refractivity contribution in [1.29, 1.82) is 0 Å². The summed E-state index contributed by atoms with van der Waals surface area (Å²) < 4.78 is 4.99. The number of alkyl carbamates (subject to hydrolysis) is 1. The van der Waals surface area contributed by atoms with Crippen molar-refractivity contribution in [3.8, 4) is 11.3 Å². The summed E-state index contributed by atoms with van der Waals surface area (Å²) in [5.41, 5.74) is 3.05. The lowest BCUT2D eigenvalue weighted by Crippen LogP contribution is -2.26. The van der Waals surface area contributed by atoms with Crippen molar-refractivity contribution in [3.63, 3.8) is 0 Å². The molecule has 0 saturated heterocycles. The zero-order valence-electron chi connectivity index (χ0n) is 11.0. The summed E-state index contributed by atoms with van der Waals surface area (Å²) in [6.45, 7) is 4.09. The largest absolute Gasteiger partial charge is 0.447 e. The summed E-state index contributed by atoms with van der Waals surface area (Å²) in [7, 11) is 0. The molecule has 0 unspecified atom stereocenters. The molecule has 5 heteroatoms. The summed E-state index contributed by atoms with van der Waals surface area (Å²) in [5, 5.41) is 9.52. The molecule has 0 bridgehead atoms. The number of nitrogens with one attached hydrogen (secondary N) is 2. The van der Waals surface area contributed by atoms with Gasteiger partial charge in [0.1, 0.15) is 0 Å². The van der Waals surface area contributed by atoms with E-state index in [0.29, 0.717) is 6.54 Å². The van der Waals surface area contributed by atoms with Crippen LogP contribution in [0.1, 0.15) is 19.4 Å². The fraction of sp³-hybridized carbons (Fsp3) is 0.286. The fourth-order valence-electron chi connectivity index (χ4n) is 1.65. The summed E-state index contributed by atoms with van der Waals surface area (Å²) in [6, 6.07) is 9.81. The highest BCUT2D eigenvalue weighted by Crippen LogP contribution is 2.16. The zero-order chi connectivity index (χ0) is 13.7. The van der Waals surface area contributed by atoms with Crippen molar-refractivity contribution in [2.45, 2.75) is 26.5 Å². The van der Waals surface area contributed by atoms with Gasteiger partial charge in [-0.05, 0) is 31.0 Å². The van der Waals surface area contributed by atoms with Crippen molar-refractivity contribution >= 4 is 6.09 Å². The number of hydrogen-bond donors (Lipinski definition) is 2. The molecule has 1 aromatic heterocycles. The fourth-order valence-corrected chi connectivity index (χ4v) is 1.65. The van der Waals surface area contributed by atoms with Crippen molar-refractivity contribution in [2.24, 2.45) is 0 Å². The number of rotatable bonds is 4. The molecular formula is C14H17N3O2. The number of carbonyl (C=O) groups excluding carboxylic acids is 1. The highest BCUT2D eigenvalue weighted by Gasteiger charge is 2.04. The second-order valence-electron chi connectivity index (χ2n) is 4.47. The summed E-state index contributed by atoms with van der Waals surface area (Å²) in [6.07, 6.45) is 1.21. The SMILES string of the molecule is CC(C)OC(=O)NCc1ccc(-c2ccn[nH]2)cc1. The minimum Gasteiger partial charge on any atom is -0.447 e. The third kappa shape index (κ3) is 3.84. The Hall–Kier alpha value is -2.30. The second kappa shape index (κ2) is 6.04. The zero-order valence-corrected chi connectivity index (χ0v) is 11.0. The minimum absolute atomic E-state index is 0.109. The first-order valence-corrected chi connectivity index (χ1v) is 6.18. The Morgan fingerprint density at radius 2 is 2.05 bits per heavy atom. The molecule has 1 heterocycles. The number of hydrogen-bond acceptors (Lipinski definition) is 3. The molecule has 5 nitrogen and oxygen atoms in total. The van der Waals surface area contributed by atoms with Gasteiger partial charge in [-0.25, -0.2) is 4.79 Å². The average molecular weight is 259 g/mol. The van der Waals surface area contributed by atoms with Crippen LogP contribution in [0.15, 0.2) is 36.5 Å². The van der Waals surface area contributed by atoms with Gasteiger partial charge in [-0.3, -0.25) is 5.10 Å². The van der Waals surface area contributed by atoms with Gasteiger partial charge in [-0.2, -0.15) is 5.10 Å². The lowest BCUT2D eigenvalue weighted by atomic mass is 10.1. The van der Waals surface area contributed by atoms with E-state index < -0.39 is 6.09 Å². The van der Waals surface area contributed by atoms with Gasteiger partial charge in [0.15, 0.2) is 0 Å². The van der Waals surface area contributed by atoms with E-state index in [0.717, 1.165) is 16.8 Å². The Bertz CT molecular complexity index is 518. The number of ether oxygens (including phenoxy) is 1. The maximum atomic E-state index is 11.3. The Labute approximate surface area is 112 Å². The number of amides is 1. The normalized spacial score (nSPS) is 10.5. The predicted molar refractivity (Wildman–Crippen MR) is 72.5 cm³/mol. The van der Waals surface area contributed by atoms with Crippen LogP contribution in [-0.4, -0.2) is 22.4 Å². The van der Waals surface area contributed by atoms with Crippen LogP contribution in [0.2, 0.25) is 0 Å². The van der Waals surface area contributed by atoms with Gasteiger partial charge in [0.2, 0.25) is 0 Å². The third-order valence-corrected chi connectivity index (χ3v) is 2.55. The maximum Gasteiger partial charge on any atom is 0.407 e. The highest BCUT2D eigenvalue weighted by molar-refractivity contribution is 5.67. The second-order valence-corrected chi connectivity index (χ2v) is 4.47. The lowest BCUT2D eigenvalue weighted by Gasteiger charge is -2.09. The van der Waals surface area contributed by atoms with Crippen molar-refractivity contribution in [1.82, 2.24) is 15.5 Å². The quantitative estimate of drug-likeness (QED) is 0.887. The molecule has 0 aliphatic carbocycles. The first-order chi connectivity index (χ1) is 9.15. The molecule has 0 spiro atoms. The molecular weight excluding hydrogens is 242 g/mol. The van der Waals surface area contributed by atoms with Gasteiger partial charge in [0.05, 0.1) is 11.8 Å². The van der Waals surface area contributed by atoms with Crippen LogP contribution >= 0.6 is 0 Å². The number of carbonyl (C=O) groups is 1. The molecule has 0 radical (unpaired) electrons. The van der Waals surface area contributed by atoms with Gasteiger partial charge in [0, 0.05) is 12.7 Å². The maximum absolute atomic E-state index is 11.3. The van der Waals surface area contributed by atoms with E-state index in [1.54, 1.807) is 6.20 Å². The van der Waals surface area contributed by atoms with E-state index in [1.807, 2.05) is 44.2 Å². The Morgan fingerprint density at radius 3 is 2.63 bits per heavy atom. The van der Waals surface area contributed by atoms with E-state index in [-0.39, 0.29) is 6.10 Å². The van der Waals surface area contributed by atoms with Gasteiger partial charge < -0.3 is 10.1 Å². The standard InChI is InChI=1S/C14H17N3O2/c1-10(2)19-14(18)15-9-11-3-5-12(6-4-11)13-7-8-16-17-13/h3-8,10H,9H2,1-2H3,(H,15,18)(H,16,17). The van der Waals surface area contributed by atoms with E-state index in [4.69, 9.17) is 4.74 Å². The molecule has 19 heavy (non-hydrogen) atoms. The molecule has 0 saturated carbocycles. The molecule has 2 N–H and O–H groups in total. The van der Waals surface area contributed by atoms with Gasteiger partial charge >= 0.3 is 6.09 Å². The first-order valence-electron chi connectivity index (χ1n) is 6.18. The van der Waals surface area contributed by atoms with Crippen molar-refractivity contribution in [2.75, 3.05) is 0 Å². The molecule has 2 aromatic rings. The number of H-pyrrole nitrogens is 1. The van der Waals surface area contributed by atoms with Crippen molar-refractivity contribution in [3.05, 3.63) is 42.1 Å². The average Bonchev–Trinajstić information content (AvgIpc) is 2.90. The molecule has 0 atom stereocenters. The number of benzene rings is 1. The third-order valence-electron chi connectivity index (χ3n) is 2.55. The molecule has 1 amide bonds. The summed E-state index contributed by atoms with van der Waals surface area (Å²) in [4.78, 5) is 11.3. The minimum atomic E-state index is -0.396. The number of aromatic nitrogens is 2. The van der Waals surface area contributed by atoms with Crippen LogP contribution in [0.25, 0.3) is 11.3 Å². The number of aromatic amines is 1. The topological polar surface area (TPSA) is 67.0 Å². The molecule has 100 valence electrons. The van der Waals surface area contributed by atoms with Gasteiger partial charge in [-0.15, -0.1) is 0 Å². The smallest absolute Gasteiger partial charge is 0.407 e. The van der Waals surface area contributed by atoms with Crippen molar-refractivity contribution < 1.29 is 9.53 Å².